The standard InChI is InChI=1S/C17H21N3O5S/c1-5-20(10-14(21)19-17-18-6-7-26-17)16(22)11-8-12(23-2)15(25-4)13(9-11)24-3/h6-9H,5,10H2,1-4H3,(H,18,19,21). The van der Waals surface area contributed by atoms with Crippen molar-refractivity contribution >= 4 is 28.3 Å². The SMILES string of the molecule is CCN(CC(=O)Nc1nccs1)C(=O)c1cc(OC)c(OC)c(OC)c1. The quantitative estimate of drug-likeness (QED) is 0.757. The fraction of sp³-hybridized carbons (Fsp3) is 0.353. The number of nitrogens with one attached hydrogen (secondary N) is 1. The molecule has 0 aliphatic heterocycles. The van der Waals surface area contributed by atoms with Crippen LogP contribution >= 0.6 is 11.3 Å². The molecule has 26 heavy (non-hydrogen) atoms. The Kier molecular flexibility index (Phi) is 6.79. The van der Waals surface area contributed by atoms with Crippen molar-refractivity contribution in [2.24, 2.45) is 0 Å². The highest BCUT2D eigenvalue weighted by Crippen LogP contribution is 2.38. The molecule has 2 amide bonds. The number of hydrogen-bond acceptors (Lipinski definition) is 7. The first kappa shape index (κ1) is 19.5. The average Bonchev–Trinajstić information content (AvgIpc) is 3.16. The number of amides is 2. The van der Waals surface area contributed by atoms with E-state index in [2.05, 4.69) is 10.3 Å². The Morgan fingerprint density at radius 2 is 1.81 bits per heavy atom. The molecule has 2 rings (SSSR count). The molecule has 0 atom stereocenters. The highest BCUT2D eigenvalue weighted by atomic mass is 32.1. The summed E-state index contributed by atoms with van der Waals surface area (Å²) in [6, 6.07) is 3.12. The number of methoxy groups -OCH3 is 3. The molecule has 2 aromatic rings. The minimum atomic E-state index is -0.318. The number of rotatable bonds is 8. The maximum atomic E-state index is 12.8. The molecule has 1 heterocycles. The summed E-state index contributed by atoms with van der Waals surface area (Å²) in [5, 5.41) is 4.91. The fourth-order valence-electron chi connectivity index (χ4n) is 2.33. The molecule has 1 aromatic carbocycles. The first-order chi connectivity index (χ1) is 12.5. The van der Waals surface area contributed by atoms with E-state index in [9.17, 15) is 9.59 Å². The van der Waals surface area contributed by atoms with E-state index in [1.165, 1.54) is 37.6 Å². The summed E-state index contributed by atoms with van der Waals surface area (Å²) in [5.74, 6) is 0.511. The second-order valence-corrected chi connectivity index (χ2v) is 6.01. The third-order valence-corrected chi connectivity index (χ3v) is 4.28. The van der Waals surface area contributed by atoms with E-state index in [1.807, 2.05) is 0 Å². The molecule has 8 nitrogen and oxygen atoms in total. The van der Waals surface area contributed by atoms with Crippen molar-refractivity contribution in [2.75, 3.05) is 39.7 Å². The molecule has 1 N–H and O–H groups in total. The van der Waals surface area contributed by atoms with Gasteiger partial charge in [-0.05, 0) is 19.1 Å². The number of likely N-dealkylation sites (N-methyl/N-ethyl adjacent to an activating group) is 1. The summed E-state index contributed by atoms with van der Waals surface area (Å²) < 4.78 is 15.8. The van der Waals surface area contributed by atoms with Crippen molar-refractivity contribution < 1.29 is 23.8 Å². The predicted molar refractivity (Wildman–Crippen MR) is 98.4 cm³/mol. The molecule has 9 heteroatoms. The maximum absolute atomic E-state index is 12.8. The van der Waals surface area contributed by atoms with Crippen LogP contribution in [0.3, 0.4) is 0 Å². The van der Waals surface area contributed by atoms with E-state index < -0.39 is 0 Å². The van der Waals surface area contributed by atoms with Gasteiger partial charge in [0.25, 0.3) is 5.91 Å². The largest absolute Gasteiger partial charge is 0.493 e. The lowest BCUT2D eigenvalue weighted by molar-refractivity contribution is -0.116. The van der Waals surface area contributed by atoms with Crippen LogP contribution in [-0.2, 0) is 4.79 Å². The van der Waals surface area contributed by atoms with Crippen LogP contribution in [0.25, 0.3) is 0 Å². The Hall–Kier alpha value is -2.81. The second-order valence-electron chi connectivity index (χ2n) is 5.12. The van der Waals surface area contributed by atoms with Crippen molar-refractivity contribution in [3.63, 3.8) is 0 Å². The monoisotopic (exact) mass is 379 g/mol. The van der Waals surface area contributed by atoms with Crippen molar-refractivity contribution in [2.45, 2.75) is 6.92 Å². The van der Waals surface area contributed by atoms with Gasteiger partial charge in [0.15, 0.2) is 16.6 Å². The number of benzene rings is 1. The number of carbonyl (C=O) groups is 2. The Labute approximate surface area is 155 Å². The van der Waals surface area contributed by atoms with Gasteiger partial charge in [0, 0.05) is 23.7 Å². The minimum absolute atomic E-state index is 0.0917. The molecule has 0 fully saturated rings. The summed E-state index contributed by atoms with van der Waals surface area (Å²) in [5.41, 5.74) is 0.336. The van der Waals surface area contributed by atoms with Gasteiger partial charge >= 0.3 is 0 Å². The van der Waals surface area contributed by atoms with Crippen LogP contribution in [0.2, 0.25) is 0 Å². The lowest BCUT2D eigenvalue weighted by atomic mass is 10.1. The van der Waals surface area contributed by atoms with Crippen LogP contribution in [0.4, 0.5) is 5.13 Å². The summed E-state index contributed by atoms with van der Waals surface area (Å²) in [7, 11) is 4.44. The van der Waals surface area contributed by atoms with Crippen LogP contribution in [0.15, 0.2) is 23.7 Å². The van der Waals surface area contributed by atoms with Crippen molar-refractivity contribution in [1.82, 2.24) is 9.88 Å². The van der Waals surface area contributed by atoms with Crippen molar-refractivity contribution in [1.29, 1.82) is 0 Å². The molecular formula is C17H21N3O5S. The van der Waals surface area contributed by atoms with Gasteiger partial charge in [-0.3, -0.25) is 9.59 Å². The molecule has 0 saturated carbocycles. The molecule has 140 valence electrons. The van der Waals surface area contributed by atoms with E-state index in [4.69, 9.17) is 14.2 Å². The highest BCUT2D eigenvalue weighted by molar-refractivity contribution is 7.13. The number of ether oxygens (including phenoxy) is 3. The number of thiazole rings is 1. The lowest BCUT2D eigenvalue weighted by Crippen LogP contribution is -2.37. The molecule has 0 bridgehead atoms. The zero-order chi connectivity index (χ0) is 19.1. The van der Waals surface area contributed by atoms with E-state index in [-0.39, 0.29) is 18.4 Å². The van der Waals surface area contributed by atoms with Crippen molar-refractivity contribution in [3.8, 4) is 17.2 Å². The Morgan fingerprint density at radius 3 is 2.27 bits per heavy atom. The number of anilines is 1. The third kappa shape index (κ3) is 4.42. The zero-order valence-electron chi connectivity index (χ0n) is 15.1. The molecular weight excluding hydrogens is 358 g/mol. The number of hydrogen-bond donors (Lipinski definition) is 1. The smallest absolute Gasteiger partial charge is 0.254 e. The van der Waals surface area contributed by atoms with Crippen molar-refractivity contribution in [3.05, 3.63) is 29.3 Å². The van der Waals surface area contributed by atoms with Gasteiger partial charge in [0.2, 0.25) is 11.7 Å². The van der Waals surface area contributed by atoms with Crippen LogP contribution in [-0.4, -0.2) is 56.1 Å². The number of carbonyl (C=O) groups excluding carboxylic acids is 2. The first-order valence-electron chi connectivity index (χ1n) is 7.82. The summed E-state index contributed by atoms with van der Waals surface area (Å²) in [4.78, 5) is 30.4. The fourth-order valence-corrected chi connectivity index (χ4v) is 2.88. The highest BCUT2D eigenvalue weighted by Gasteiger charge is 2.22. The van der Waals surface area contributed by atoms with Crippen LogP contribution in [0.5, 0.6) is 17.2 Å². The van der Waals surface area contributed by atoms with E-state index in [0.29, 0.717) is 34.5 Å². The van der Waals surface area contributed by atoms with Gasteiger partial charge in [-0.1, -0.05) is 0 Å². The first-order valence-corrected chi connectivity index (χ1v) is 8.70. The van der Waals surface area contributed by atoms with E-state index in [0.717, 1.165) is 0 Å². The summed E-state index contributed by atoms with van der Waals surface area (Å²) in [6.45, 7) is 2.07. The third-order valence-electron chi connectivity index (χ3n) is 3.59. The molecule has 0 radical (unpaired) electrons. The molecule has 0 unspecified atom stereocenters. The van der Waals surface area contributed by atoms with Gasteiger partial charge in [-0.15, -0.1) is 11.3 Å². The van der Waals surface area contributed by atoms with E-state index in [1.54, 1.807) is 30.6 Å². The number of aromatic nitrogens is 1. The van der Waals surface area contributed by atoms with Gasteiger partial charge in [0.05, 0.1) is 21.3 Å². The maximum Gasteiger partial charge on any atom is 0.254 e. The Morgan fingerprint density at radius 1 is 1.15 bits per heavy atom. The molecule has 1 aromatic heterocycles. The normalized spacial score (nSPS) is 10.2. The van der Waals surface area contributed by atoms with Gasteiger partial charge < -0.3 is 24.4 Å². The molecule has 0 aliphatic rings. The molecule has 0 spiro atoms. The minimum Gasteiger partial charge on any atom is -0.493 e. The van der Waals surface area contributed by atoms with Gasteiger partial charge in [-0.2, -0.15) is 0 Å². The lowest BCUT2D eigenvalue weighted by Gasteiger charge is -2.21. The van der Waals surface area contributed by atoms with Crippen LogP contribution in [0.1, 0.15) is 17.3 Å². The Bertz CT molecular complexity index is 739. The number of nitrogens with zero attached hydrogens (tertiary/aromatic N) is 2. The second kappa shape index (κ2) is 9.04. The summed E-state index contributed by atoms with van der Waals surface area (Å²) >= 11 is 1.31. The van der Waals surface area contributed by atoms with E-state index >= 15 is 0 Å². The van der Waals surface area contributed by atoms with Crippen LogP contribution in [0, 0.1) is 0 Å². The summed E-state index contributed by atoms with van der Waals surface area (Å²) in [6.07, 6.45) is 1.60. The molecule has 0 saturated heterocycles. The average molecular weight is 379 g/mol. The predicted octanol–water partition coefficient (Wildman–Crippen LogP) is 2.27. The van der Waals surface area contributed by atoms with Gasteiger partial charge in [-0.25, -0.2) is 4.98 Å². The topological polar surface area (TPSA) is 90.0 Å². The molecule has 0 aliphatic carbocycles. The Balaban J connectivity index is 2.20. The van der Waals surface area contributed by atoms with Gasteiger partial charge in [0.1, 0.15) is 6.54 Å². The van der Waals surface area contributed by atoms with Crippen LogP contribution < -0.4 is 19.5 Å². The zero-order valence-corrected chi connectivity index (χ0v) is 15.9.